The first-order valence-corrected chi connectivity index (χ1v) is 10.1. The quantitative estimate of drug-likeness (QED) is 0.715. The number of hydrogen-bond donors (Lipinski definition) is 2. The molecule has 29 heavy (non-hydrogen) atoms. The minimum atomic E-state index is -0.703. The number of amides is 2. The highest BCUT2D eigenvalue weighted by atomic mass is 16.5. The van der Waals surface area contributed by atoms with E-state index in [4.69, 9.17) is 9.47 Å². The second-order valence-corrected chi connectivity index (χ2v) is 7.10. The van der Waals surface area contributed by atoms with E-state index < -0.39 is 6.10 Å². The smallest absolute Gasteiger partial charge is 0.265 e. The molecule has 1 fully saturated rings. The van der Waals surface area contributed by atoms with Crippen LogP contribution in [0, 0.1) is 0 Å². The van der Waals surface area contributed by atoms with E-state index in [1.165, 1.54) is 0 Å². The van der Waals surface area contributed by atoms with E-state index in [9.17, 15) is 9.59 Å². The molecule has 3 rings (SSSR count). The highest BCUT2D eigenvalue weighted by molar-refractivity contribution is 6.04. The van der Waals surface area contributed by atoms with E-state index in [-0.39, 0.29) is 17.9 Å². The average molecular weight is 396 g/mol. The molecule has 0 aromatic heterocycles. The highest BCUT2D eigenvalue weighted by Crippen LogP contribution is 2.21. The van der Waals surface area contributed by atoms with Crippen LogP contribution in [0.3, 0.4) is 0 Å². The Balaban J connectivity index is 1.63. The Morgan fingerprint density at radius 1 is 1.17 bits per heavy atom. The van der Waals surface area contributed by atoms with Gasteiger partial charge in [0.1, 0.15) is 5.75 Å². The van der Waals surface area contributed by atoms with Gasteiger partial charge in [0.2, 0.25) is 0 Å². The second kappa shape index (κ2) is 10.1. The lowest BCUT2D eigenvalue weighted by Crippen LogP contribution is -2.34. The summed E-state index contributed by atoms with van der Waals surface area (Å²) in [6.07, 6.45) is 2.15. The Morgan fingerprint density at radius 2 is 1.93 bits per heavy atom. The van der Waals surface area contributed by atoms with E-state index in [0.29, 0.717) is 23.5 Å². The van der Waals surface area contributed by atoms with Gasteiger partial charge in [0, 0.05) is 13.2 Å². The van der Waals surface area contributed by atoms with Gasteiger partial charge in [-0.05, 0) is 49.9 Å². The zero-order valence-electron chi connectivity index (χ0n) is 16.9. The fraction of sp³-hybridized carbons (Fsp3) is 0.391. The summed E-state index contributed by atoms with van der Waals surface area (Å²) in [4.78, 5) is 25.3. The lowest BCUT2D eigenvalue weighted by molar-refractivity contribution is -0.122. The van der Waals surface area contributed by atoms with Crippen LogP contribution >= 0.6 is 0 Å². The van der Waals surface area contributed by atoms with Gasteiger partial charge in [-0.15, -0.1) is 0 Å². The van der Waals surface area contributed by atoms with Crippen molar-refractivity contribution in [3.8, 4) is 5.75 Å². The summed E-state index contributed by atoms with van der Waals surface area (Å²) in [6, 6.07) is 14.6. The number of benzene rings is 2. The lowest BCUT2D eigenvalue weighted by Gasteiger charge is -2.18. The van der Waals surface area contributed by atoms with Crippen LogP contribution in [0.2, 0.25) is 0 Å². The maximum Gasteiger partial charge on any atom is 0.265 e. The minimum Gasteiger partial charge on any atom is -0.481 e. The number of carbonyl (C=O) groups is 2. The molecular weight excluding hydrogens is 368 g/mol. The zero-order chi connectivity index (χ0) is 20.6. The molecule has 0 bridgehead atoms. The van der Waals surface area contributed by atoms with Crippen LogP contribution in [-0.2, 0) is 16.0 Å². The van der Waals surface area contributed by atoms with Gasteiger partial charge in [-0.1, -0.05) is 37.3 Å². The van der Waals surface area contributed by atoms with E-state index in [0.717, 1.165) is 31.4 Å². The molecule has 1 aliphatic heterocycles. The summed E-state index contributed by atoms with van der Waals surface area (Å²) >= 11 is 0. The van der Waals surface area contributed by atoms with Gasteiger partial charge in [-0.2, -0.15) is 0 Å². The lowest BCUT2D eigenvalue weighted by atomic mass is 10.1. The summed E-state index contributed by atoms with van der Waals surface area (Å²) < 4.78 is 11.4. The summed E-state index contributed by atoms with van der Waals surface area (Å²) in [5, 5.41) is 5.71. The van der Waals surface area contributed by atoms with Gasteiger partial charge < -0.3 is 20.1 Å². The van der Waals surface area contributed by atoms with Crippen molar-refractivity contribution in [3.63, 3.8) is 0 Å². The molecule has 1 saturated heterocycles. The van der Waals surface area contributed by atoms with E-state index in [1.54, 1.807) is 31.2 Å². The fourth-order valence-electron chi connectivity index (χ4n) is 3.29. The second-order valence-electron chi connectivity index (χ2n) is 7.10. The maximum atomic E-state index is 12.7. The van der Waals surface area contributed by atoms with E-state index in [2.05, 4.69) is 10.6 Å². The Bertz CT molecular complexity index is 846. The number of anilines is 1. The predicted molar refractivity (Wildman–Crippen MR) is 112 cm³/mol. The van der Waals surface area contributed by atoms with Crippen LogP contribution in [0.1, 0.15) is 42.6 Å². The first-order valence-electron chi connectivity index (χ1n) is 10.1. The largest absolute Gasteiger partial charge is 0.481 e. The van der Waals surface area contributed by atoms with Crippen molar-refractivity contribution in [2.45, 2.75) is 45.3 Å². The van der Waals surface area contributed by atoms with Crippen LogP contribution in [-0.4, -0.2) is 37.2 Å². The Kier molecular flexibility index (Phi) is 7.25. The molecule has 2 atom stereocenters. The molecule has 1 heterocycles. The van der Waals surface area contributed by atoms with E-state index >= 15 is 0 Å². The number of carbonyl (C=O) groups excluding carboxylic acids is 2. The normalized spacial score (nSPS) is 16.8. The summed E-state index contributed by atoms with van der Waals surface area (Å²) in [7, 11) is 0. The predicted octanol–water partition coefficient (Wildman–Crippen LogP) is 3.56. The summed E-state index contributed by atoms with van der Waals surface area (Å²) in [5.74, 6) is 0.150. The van der Waals surface area contributed by atoms with Gasteiger partial charge in [-0.25, -0.2) is 0 Å². The van der Waals surface area contributed by atoms with Gasteiger partial charge >= 0.3 is 0 Å². The molecule has 0 aliphatic carbocycles. The van der Waals surface area contributed by atoms with Gasteiger partial charge in [-0.3, -0.25) is 9.59 Å². The molecule has 0 unspecified atom stereocenters. The maximum absolute atomic E-state index is 12.7. The first-order chi connectivity index (χ1) is 14.1. The molecule has 1 aliphatic rings. The van der Waals surface area contributed by atoms with E-state index in [1.807, 2.05) is 31.2 Å². The topological polar surface area (TPSA) is 76.7 Å². The first kappa shape index (κ1) is 20.9. The number of hydrogen-bond acceptors (Lipinski definition) is 4. The van der Waals surface area contributed by atoms with Crippen molar-refractivity contribution in [2.75, 3.05) is 18.5 Å². The summed E-state index contributed by atoms with van der Waals surface area (Å²) in [6.45, 7) is 4.95. The third-order valence-corrected chi connectivity index (χ3v) is 4.97. The van der Waals surface area contributed by atoms with Gasteiger partial charge in [0.25, 0.3) is 11.8 Å². The molecular formula is C23H28N2O4. The van der Waals surface area contributed by atoms with Gasteiger partial charge in [0.05, 0.1) is 17.4 Å². The third kappa shape index (κ3) is 5.57. The summed E-state index contributed by atoms with van der Waals surface area (Å²) in [5.41, 5.74) is 1.92. The molecule has 2 amide bonds. The van der Waals surface area contributed by atoms with Crippen molar-refractivity contribution < 1.29 is 19.1 Å². The molecule has 2 aromatic rings. The number of rotatable bonds is 8. The monoisotopic (exact) mass is 396 g/mol. The molecule has 2 N–H and O–H groups in total. The number of para-hydroxylation sites is 2. The molecule has 0 saturated carbocycles. The van der Waals surface area contributed by atoms with Crippen LogP contribution in [0.25, 0.3) is 0 Å². The molecule has 0 spiro atoms. The van der Waals surface area contributed by atoms with Crippen LogP contribution in [0.5, 0.6) is 5.75 Å². The number of nitrogens with one attached hydrogen (secondary N) is 2. The van der Waals surface area contributed by atoms with Crippen molar-refractivity contribution in [2.24, 2.45) is 0 Å². The molecule has 2 aromatic carbocycles. The Labute approximate surface area is 171 Å². The van der Waals surface area contributed by atoms with Gasteiger partial charge in [0.15, 0.2) is 6.10 Å². The van der Waals surface area contributed by atoms with Crippen molar-refractivity contribution in [3.05, 3.63) is 59.7 Å². The fourth-order valence-corrected chi connectivity index (χ4v) is 3.29. The van der Waals surface area contributed by atoms with Crippen LogP contribution < -0.4 is 15.4 Å². The van der Waals surface area contributed by atoms with Crippen LogP contribution in [0.4, 0.5) is 5.69 Å². The molecule has 6 nitrogen and oxygen atoms in total. The standard InChI is InChI=1S/C23H28N2O4/c1-3-17-9-4-7-13-21(17)29-16(2)22(26)25-20-12-6-5-11-19(20)23(27)24-15-18-10-8-14-28-18/h4-7,9,11-13,16,18H,3,8,10,14-15H2,1-2H3,(H,24,27)(H,25,26)/t16-,18+/m0/s1. The van der Waals surface area contributed by atoms with Crippen molar-refractivity contribution in [1.29, 1.82) is 0 Å². The van der Waals surface area contributed by atoms with Crippen molar-refractivity contribution in [1.82, 2.24) is 5.32 Å². The molecule has 6 heteroatoms. The highest BCUT2D eigenvalue weighted by Gasteiger charge is 2.21. The SMILES string of the molecule is CCc1ccccc1O[C@@H](C)C(=O)Nc1ccccc1C(=O)NC[C@H]1CCCO1. The van der Waals surface area contributed by atoms with Crippen molar-refractivity contribution >= 4 is 17.5 Å². The molecule has 154 valence electrons. The Morgan fingerprint density at radius 3 is 2.69 bits per heavy atom. The molecule has 0 radical (unpaired) electrons. The van der Waals surface area contributed by atoms with Crippen LogP contribution in [0.15, 0.2) is 48.5 Å². The average Bonchev–Trinajstić information content (AvgIpc) is 3.26. The number of aryl methyl sites for hydroxylation is 1. The zero-order valence-corrected chi connectivity index (χ0v) is 16.9. The minimum absolute atomic E-state index is 0.0627. The Hall–Kier alpha value is -2.86. The number of ether oxygens (including phenoxy) is 2. The third-order valence-electron chi connectivity index (χ3n) is 4.97.